The second-order valence-corrected chi connectivity index (χ2v) is 8.06. The molecule has 0 aromatic heterocycles. The monoisotopic (exact) mass is 339 g/mol. The second kappa shape index (κ2) is 7.01. The maximum Gasteiger partial charge on any atom is 0.147 e. The fourth-order valence-corrected chi connectivity index (χ4v) is 3.26. The van der Waals surface area contributed by atoms with Crippen LogP contribution in [0.15, 0.2) is 65.7 Å². The molecule has 4 nitrogen and oxygen atoms in total. The zero-order chi connectivity index (χ0) is 17.0. The van der Waals surface area contributed by atoms with Crippen LogP contribution < -0.4 is 5.32 Å². The number of sulfone groups is 1. The minimum absolute atomic E-state index is 0.156. The molecule has 1 radical (unpaired) electrons. The van der Waals surface area contributed by atoms with Crippen molar-refractivity contribution < 1.29 is 8.42 Å². The van der Waals surface area contributed by atoms with Gasteiger partial charge in [0, 0.05) is 23.8 Å². The highest BCUT2D eigenvalue weighted by atomic mass is 32.2. The molecule has 0 atom stereocenters. The van der Waals surface area contributed by atoms with Crippen LogP contribution in [-0.4, -0.2) is 26.3 Å². The van der Waals surface area contributed by atoms with Crippen molar-refractivity contribution in [1.29, 1.82) is 0 Å². The van der Waals surface area contributed by atoms with Crippen molar-refractivity contribution in [2.75, 3.05) is 12.0 Å². The van der Waals surface area contributed by atoms with E-state index in [1.807, 2.05) is 60.7 Å². The Labute approximate surface area is 142 Å². The molecule has 0 bridgehead atoms. The largest absolute Gasteiger partial charge is 0.231 e. The second-order valence-electron chi connectivity index (χ2n) is 5.80. The van der Waals surface area contributed by atoms with E-state index in [-0.39, 0.29) is 5.75 Å². The Hall–Kier alpha value is -2.40. The third kappa shape index (κ3) is 4.11. The highest BCUT2D eigenvalue weighted by Crippen LogP contribution is 2.31. The van der Waals surface area contributed by atoms with E-state index in [0.717, 1.165) is 22.5 Å². The summed E-state index contributed by atoms with van der Waals surface area (Å²) < 4.78 is 22.6. The van der Waals surface area contributed by atoms with Gasteiger partial charge in [-0.15, -0.1) is 0 Å². The minimum Gasteiger partial charge on any atom is -0.231 e. The summed E-state index contributed by atoms with van der Waals surface area (Å²) in [6, 6.07) is 19.9. The average molecular weight is 339 g/mol. The normalized spacial score (nSPS) is 14.5. The lowest BCUT2D eigenvalue weighted by atomic mass is 10.1. The van der Waals surface area contributed by atoms with Gasteiger partial charge in [0.2, 0.25) is 0 Å². The molecule has 1 heterocycles. The van der Waals surface area contributed by atoms with Crippen LogP contribution >= 0.6 is 0 Å². The van der Waals surface area contributed by atoms with Crippen LogP contribution in [0.5, 0.6) is 0 Å². The molecule has 2 aromatic rings. The third-order valence-corrected chi connectivity index (χ3v) is 4.75. The van der Waals surface area contributed by atoms with Crippen molar-refractivity contribution in [2.24, 2.45) is 4.99 Å². The molecule has 0 saturated heterocycles. The van der Waals surface area contributed by atoms with Crippen LogP contribution in [0.2, 0.25) is 0 Å². The van der Waals surface area contributed by atoms with Gasteiger partial charge in [0.1, 0.15) is 15.7 Å². The number of nitrogens with zero attached hydrogens (tertiary/aromatic N) is 2. The zero-order valence-corrected chi connectivity index (χ0v) is 14.3. The van der Waals surface area contributed by atoms with Crippen LogP contribution in [0.3, 0.4) is 0 Å². The fourth-order valence-electron chi connectivity index (χ4n) is 2.59. The summed E-state index contributed by atoms with van der Waals surface area (Å²) in [6.45, 7) is 0. The molecule has 0 N–H and O–H groups in total. The van der Waals surface area contributed by atoms with Crippen LogP contribution in [-0.2, 0) is 9.84 Å². The molecule has 0 fully saturated rings. The number of amidine groups is 1. The molecule has 123 valence electrons. The summed E-state index contributed by atoms with van der Waals surface area (Å²) in [5.74, 6) is 0.847. The fraction of sp³-hybridized carbons (Fsp3) is 0.211. The predicted octanol–water partition coefficient (Wildman–Crippen LogP) is 3.35. The summed E-state index contributed by atoms with van der Waals surface area (Å²) in [5.41, 5.74) is 3.71. The lowest BCUT2D eigenvalue weighted by Crippen LogP contribution is -2.12. The number of aliphatic imine (C=N–C) groups is 1. The average Bonchev–Trinajstić information content (AvgIpc) is 2.99. The van der Waals surface area contributed by atoms with E-state index in [9.17, 15) is 8.42 Å². The quantitative estimate of drug-likeness (QED) is 0.810. The van der Waals surface area contributed by atoms with Gasteiger partial charge in [0.15, 0.2) is 0 Å². The number of hydrogen-bond acceptors (Lipinski definition) is 3. The van der Waals surface area contributed by atoms with E-state index < -0.39 is 9.84 Å². The van der Waals surface area contributed by atoms with Gasteiger partial charge in [-0.3, -0.25) is 0 Å². The molecule has 2 aromatic carbocycles. The Morgan fingerprint density at radius 1 is 0.833 bits per heavy atom. The van der Waals surface area contributed by atoms with Crippen molar-refractivity contribution in [3.8, 4) is 0 Å². The summed E-state index contributed by atoms with van der Waals surface area (Å²) in [7, 11) is -2.96. The van der Waals surface area contributed by atoms with Crippen molar-refractivity contribution in [3.05, 3.63) is 71.8 Å². The lowest BCUT2D eigenvalue weighted by Gasteiger charge is -2.06. The van der Waals surface area contributed by atoms with E-state index >= 15 is 0 Å². The predicted molar refractivity (Wildman–Crippen MR) is 98.2 cm³/mol. The maximum atomic E-state index is 11.3. The van der Waals surface area contributed by atoms with Crippen LogP contribution in [0.4, 0.5) is 0 Å². The molecule has 0 unspecified atom stereocenters. The molecular formula is C19H19N2O2S. The third-order valence-electron chi connectivity index (χ3n) is 3.72. The summed E-state index contributed by atoms with van der Waals surface area (Å²) in [5, 5.41) is 4.67. The summed E-state index contributed by atoms with van der Waals surface area (Å²) in [6.07, 6.45) is 2.34. The van der Waals surface area contributed by atoms with E-state index in [0.29, 0.717) is 18.7 Å². The SMILES string of the molecule is CS(=O)(=O)CCCC1=NC(c2ccccc2)=C(c2ccccc2)[N]1. The topological polar surface area (TPSA) is 60.6 Å². The van der Waals surface area contributed by atoms with E-state index in [1.54, 1.807) is 0 Å². The van der Waals surface area contributed by atoms with Crippen molar-refractivity contribution in [2.45, 2.75) is 12.8 Å². The van der Waals surface area contributed by atoms with Crippen molar-refractivity contribution >= 4 is 27.1 Å². The zero-order valence-electron chi connectivity index (χ0n) is 13.5. The molecule has 3 rings (SSSR count). The first-order valence-corrected chi connectivity index (χ1v) is 9.91. The number of benzene rings is 2. The van der Waals surface area contributed by atoms with E-state index in [4.69, 9.17) is 0 Å². The standard InChI is InChI=1S/C19H19N2O2S/c1-24(22,23)14-8-13-17-20-18(15-9-4-2-5-10-15)19(21-17)16-11-6-3-7-12-16/h2-7,9-12H,8,13-14H2,1H3. The van der Waals surface area contributed by atoms with Gasteiger partial charge in [0.25, 0.3) is 0 Å². The molecule has 1 aliphatic rings. The first-order valence-electron chi connectivity index (χ1n) is 7.85. The molecule has 0 aliphatic carbocycles. The molecule has 0 spiro atoms. The Kier molecular flexibility index (Phi) is 4.81. The molecule has 5 heteroatoms. The molecule has 0 amide bonds. The van der Waals surface area contributed by atoms with Gasteiger partial charge >= 0.3 is 0 Å². The van der Waals surface area contributed by atoms with Gasteiger partial charge in [-0.2, -0.15) is 0 Å². The minimum atomic E-state index is -2.96. The highest BCUT2D eigenvalue weighted by Gasteiger charge is 2.21. The molecular weight excluding hydrogens is 320 g/mol. The van der Waals surface area contributed by atoms with Crippen LogP contribution in [0.1, 0.15) is 24.0 Å². The Morgan fingerprint density at radius 2 is 1.38 bits per heavy atom. The van der Waals surface area contributed by atoms with E-state index in [2.05, 4.69) is 10.3 Å². The summed E-state index contributed by atoms with van der Waals surface area (Å²) >= 11 is 0. The number of rotatable bonds is 6. The van der Waals surface area contributed by atoms with Gasteiger partial charge < -0.3 is 0 Å². The Balaban J connectivity index is 1.86. The van der Waals surface area contributed by atoms with E-state index in [1.165, 1.54) is 6.26 Å². The van der Waals surface area contributed by atoms with Crippen LogP contribution in [0, 0.1) is 0 Å². The van der Waals surface area contributed by atoms with Gasteiger partial charge in [0.05, 0.1) is 17.1 Å². The molecule has 24 heavy (non-hydrogen) atoms. The number of hydrogen-bond donors (Lipinski definition) is 0. The highest BCUT2D eigenvalue weighted by molar-refractivity contribution is 7.90. The van der Waals surface area contributed by atoms with Crippen LogP contribution in [0.25, 0.3) is 11.4 Å². The van der Waals surface area contributed by atoms with Gasteiger partial charge in [-0.25, -0.2) is 18.7 Å². The molecule has 0 saturated carbocycles. The lowest BCUT2D eigenvalue weighted by molar-refractivity contribution is 0.599. The Bertz CT molecular complexity index is 870. The maximum absolute atomic E-state index is 11.3. The first kappa shape index (κ1) is 16.5. The van der Waals surface area contributed by atoms with Crippen molar-refractivity contribution in [1.82, 2.24) is 5.32 Å². The Morgan fingerprint density at radius 3 is 1.92 bits per heavy atom. The van der Waals surface area contributed by atoms with Gasteiger partial charge in [-0.05, 0) is 6.42 Å². The summed E-state index contributed by atoms with van der Waals surface area (Å²) in [4.78, 5) is 4.67. The van der Waals surface area contributed by atoms with Gasteiger partial charge in [-0.1, -0.05) is 60.7 Å². The molecule has 1 aliphatic heterocycles. The smallest absolute Gasteiger partial charge is 0.147 e. The first-order chi connectivity index (χ1) is 11.5. The van der Waals surface area contributed by atoms with Crippen molar-refractivity contribution in [3.63, 3.8) is 0 Å².